The first-order valence-corrected chi connectivity index (χ1v) is 8.86. The zero-order chi connectivity index (χ0) is 15.6. The minimum Gasteiger partial charge on any atom is -0.473 e. The maximum absolute atomic E-state index is 11.9. The Morgan fingerprint density at radius 1 is 1.55 bits per heavy atom. The molecule has 3 heterocycles. The third-order valence-corrected chi connectivity index (χ3v) is 4.58. The number of aromatic nitrogens is 2. The predicted molar refractivity (Wildman–Crippen MR) is 84.1 cm³/mol. The Labute approximate surface area is 134 Å². The quantitative estimate of drug-likeness (QED) is 0.832. The van der Waals surface area contributed by atoms with Gasteiger partial charge in [0.25, 0.3) is 0 Å². The molecule has 2 fully saturated rings. The highest BCUT2D eigenvalue weighted by Crippen LogP contribution is 2.35. The van der Waals surface area contributed by atoms with E-state index in [0.717, 1.165) is 18.5 Å². The van der Waals surface area contributed by atoms with Gasteiger partial charge in [-0.2, -0.15) is 11.8 Å². The van der Waals surface area contributed by atoms with Gasteiger partial charge in [-0.25, -0.2) is 4.98 Å². The summed E-state index contributed by atoms with van der Waals surface area (Å²) < 4.78 is 11.9. The van der Waals surface area contributed by atoms with Crippen molar-refractivity contribution in [1.29, 1.82) is 0 Å². The molecular weight excluding hydrogens is 302 g/mol. The van der Waals surface area contributed by atoms with Crippen molar-refractivity contribution in [2.45, 2.75) is 31.5 Å². The first-order chi connectivity index (χ1) is 10.6. The van der Waals surface area contributed by atoms with Crippen molar-refractivity contribution >= 4 is 17.7 Å². The van der Waals surface area contributed by atoms with E-state index in [1.165, 1.54) is 0 Å². The molecule has 3 rings (SSSR count). The van der Waals surface area contributed by atoms with Crippen LogP contribution < -0.4 is 4.74 Å². The maximum Gasteiger partial charge on any atom is 0.232 e. The summed E-state index contributed by atoms with van der Waals surface area (Å²) in [6.07, 6.45) is 7.01. The van der Waals surface area contributed by atoms with Crippen molar-refractivity contribution < 1.29 is 14.3 Å². The summed E-state index contributed by atoms with van der Waals surface area (Å²) >= 11 is 1.55. The summed E-state index contributed by atoms with van der Waals surface area (Å²) in [5.41, 5.74) is 0.616. The van der Waals surface area contributed by atoms with Gasteiger partial charge in [-0.15, -0.1) is 0 Å². The first kappa shape index (κ1) is 15.6. The van der Waals surface area contributed by atoms with E-state index in [-0.39, 0.29) is 17.6 Å². The molecule has 0 aromatic carbocycles. The summed E-state index contributed by atoms with van der Waals surface area (Å²) in [5, 5.41) is 0. The van der Waals surface area contributed by atoms with Crippen LogP contribution in [-0.2, 0) is 9.53 Å². The van der Waals surface area contributed by atoms with Gasteiger partial charge in [0, 0.05) is 19.0 Å². The minimum atomic E-state index is -0.228. The van der Waals surface area contributed by atoms with Crippen LogP contribution in [-0.4, -0.2) is 64.2 Å². The second-order valence-corrected chi connectivity index (χ2v) is 6.81. The molecule has 120 valence electrons. The molecule has 0 saturated carbocycles. The van der Waals surface area contributed by atoms with Crippen molar-refractivity contribution in [3.63, 3.8) is 0 Å². The van der Waals surface area contributed by atoms with Crippen LogP contribution in [0.1, 0.15) is 18.5 Å². The third kappa shape index (κ3) is 3.35. The molecule has 6 nitrogen and oxygen atoms in total. The van der Waals surface area contributed by atoms with Crippen LogP contribution in [0.2, 0.25) is 0 Å². The van der Waals surface area contributed by atoms with E-state index in [2.05, 4.69) is 9.97 Å². The Kier molecular flexibility index (Phi) is 4.54. The van der Waals surface area contributed by atoms with Crippen LogP contribution >= 0.6 is 11.8 Å². The van der Waals surface area contributed by atoms with Crippen LogP contribution in [0.15, 0.2) is 12.4 Å². The highest BCUT2D eigenvalue weighted by Gasteiger charge is 2.49. The fourth-order valence-electron chi connectivity index (χ4n) is 3.01. The lowest BCUT2D eigenvalue weighted by atomic mass is 9.84. The summed E-state index contributed by atoms with van der Waals surface area (Å²) in [4.78, 5) is 22.2. The van der Waals surface area contributed by atoms with Crippen LogP contribution in [0.25, 0.3) is 0 Å². The number of hydrogen-bond donors (Lipinski definition) is 0. The van der Waals surface area contributed by atoms with Crippen molar-refractivity contribution in [1.82, 2.24) is 14.9 Å². The summed E-state index contributed by atoms with van der Waals surface area (Å²) in [6.45, 7) is 3.90. The van der Waals surface area contributed by atoms with Gasteiger partial charge in [0.05, 0.1) is 37.3 Å². The van der Waals surface area contributed by atoms with Crippen molar-refractivity contribution in [2.24, 2.45) is 0 Å². The Morgan fingerprint density at radius 2 is 2.36 bits per heavy atom. The monoisotopic (exact) mass is 323 g/mol. The fraction of sp³-hybridized carbons (Fsp3) is 0.667. The molecule has 1 aromatic heterocycles. The topological polar surface area (TPSA) is 64.6 Å². The van der Waals surface area contributed by atoms with E-state index in [1.54, 1.807) is 24.2 Å². The number of likely N-dealkylation sites (tertiary alicyclic amines) is 1. The van der Waals surface area contributed by atoms with Gasteiger partial charge >= 0.3 is 0 Å². The Hall–Kier alpha value is -1.34. The van der Waals surface area contributed by atoms with E-state index in [1.807, 2.05) is 18.1 Å². The zero-order valence-electron chi connectivity index (χ0n) is 12.9. The second-order valence-electron chi connectivity index (χ2n) is 5.95. The SMILES string of the molecule is CSCC(=O)N1CC2(C[C@@H](Oc3cncc(C)n3)CCO2)C1. The number of thioether (sulfide) groups is 1. The average Bonchev–Trinajstić information content (AvgIpc) is 2.45. The van der Waals surface area contributed by atoms with E-state index in [9.17, 15) is 4.79 Å². The van der Waals surface area contributed by atoms with Crippen molar-refractivity contribution in [3.05, 3.63) is 18.1 Å². The standard InChI is InChI=1S/C15H21N3O3S/c1-11-6-16-7-13(17-11)21-12-3-4-20-15(5-12)9-18(10-15)14(19)8-22-2/h6-7,12H,3-5,8-10H2,1-2H3/t12-/m0/s1. The summed E-state index contributed by atoms with van der Waals surface area (Å²) in [5.74, 6) is 1.29. The number of amides is 1. The normalized spacial score (nSPS) is 23.2. The number of rotatable bonds is 4. The third-order valence-electron chi connectivity index (χ3n) is 4.05. The number of ether oxygens (including phenoxy) is 2. The van der Waals surface area contributed by atoms with Gasteiger partial charge < -0.3 is 14.4 Å². The molecule has 7 heteroatoms. The van der Waals surface area contributed by atoms with E-state index >= 15 is 0 Å². The molecule has 0 bridgehead atoms. The van der Waals surface area contributed by atoms with Crippen molar-refractivity contribution in [3.8, 4) is 5.88 Å². The number of carbonyl (C=O) groups is 1. The second kappa shape index (κ2) is 6.42. The lowest BCUT2D eigenvalue weighted by molar-refractivity contribution is -0.191. The Balaban J connectivity index is 1.56. The summed E-state index contributed by atoms with van der Waals surface area (Å²) in [6, 6.07) is 0. The molecule has 0 aliphatic carbocycles. The highest BCUT2D eigenvalue weighted by atomic mass is 32.2. The first-order valence-electron chi connectivity index (χ1n) is 7.46. The lowest BCUT2D eigenvalue weighted by Gasteiger charge is -2.52. The molecule has 1 atom stereocenters. The van der Waals surface area contributed by atoms with Gasteiger partial charge in [0.2, 0.25) is 11.8 Å². The number of nitrogens with zero attached hydrogens (tertiary/aromatic N) is 3. The van der Waals surface area contributed by atoms with Gasteiger partial charge in [0.1, 0.15) is 11.7 Å². The van der Waals surface area contributed by atoms with Gasteiger partial charge in [-0.1, -0.05) is 0 Å². The smallest absolute Gasteiger partial charge is 0.232 e. The molecule has 1 aromatic rings. The van der Waals surface area contributed by atoms with Crippen LogP contribution in [0, 0.1) is 6.92 Å². The van der Waals surface area contributed by atoms with Crippen LogP contribution in [0.3, 0.4) is 0 Å². The number of aryl methyl sites for hydroxylation is 1. The lowest BCUT2D eigenvalue weighted by Crippen LogP contribution is -2.67. The molecule has 1 spiro atoms. The summed E-state index contributed by atoms with van der Waals surface area (Å²) in [7, 11) is 0. The van der Waals surface area contributed by atoms with Crippen LogP contribution in [0.4, 0.5) is 0 Å². The molecule has 0 radical (unpaired) electrons. The minimum absolute atomic E-state index is 0.0719. The number of carbonyl (C=O) groups excluding carboxylic acids is 1. The van der Waals surface area contributed by atoms with E-state index in [0.29, 0.717) is 31.3 Å². The van der Waals surface area contributed by atoms with E-state index in [4.69, 9.17) is 9.47 Å². The molecule has 22 heavy (non-hydrogen) atoms. The maximum atomic E-state index is 11.9. The molecular formula is C15H21N3O3S. The van der Waals surface area contributed by atoms with Crippen LogP contribution in [0.5, 0.6) is 5.88 Å². The zero-order valence-corrected chi connectivity index (χ0v) is 13.8. The fourth-order valence-corrected chi connectivity index (χ4v) is 3.44. The average molecular weight is 323 g/mol. The molecule has 1 amide bonds. The molecule has 2 aliphatic rings. The Bertz CT molecular complexity index is 549. The molecule has 2 aliphatic heterocycles. The van der Waals surface area contributed by atoms with E-state index < -0.39 is 0 Å². The van der Waals surface area contributed by atoms with Gasteiger partial charge in [0.15, 0.2) is 0 Å². The molecule has 2 saturated heterocycles. The molecule has 0 unspecified atom stereocenters. The van der Waals surface area contributed by atoms with Crippen molar-refractivity contribution in [2.75, 3.05) is 31.7 Å². The van der Waals surface area contributed by atoms with Gasteiger partial charge in [-0.3, -0.25) is 9.78 Å². The largest absolute Gasteiger partial charge is 0.473 e. The predicted octanol–water partition coefficient (Wildman–Crippen LogP) is 1.29. The molecule has 0 N–H and O–H groups in total. The number of hydrogen-bond acceptors (Lipinski definition) is 6. The Morgan fingerprint density at radius 3 is 3.09 bits per heavy atom. The highest BCUT2D eigenvalue weighted by molar-refractivity contribution is 7.99. The van der Waals surface area contributed by atoms with Gasteiger partial charge in [-0.05, 0) is 13.2 Å².